The van der Waals surface area contributed by atoms with Gasteiger partial charge in [-0.05, 0) is 42.5 Å². The van der Waals surface area contributed by atoms with Crippen molar-refractivity contribution in [2.75, 3.05) is 13.2 Å². The van der Waals surface area contributed by atoms with E-state index in [1.54, 1.807) is 0 Å². The first-order valence-electron chi connectivity index (χ1n) is 5.90. The van der Waals surface area contributed by atoms with Crippen LogP contribution >= 0.6 is 15.9 Å². The molecule has 0 spiro atoms. The minimum atomic E-state index is -0.548. The Balaban J connectivity index is 1.81. The number of nitrogens with zero attached hydrogens (tertiary/aromatic N) is 1. The molecule has 2 aromatic rings. The summed E-state index contributed by atoms with van der Waals surface area (Å²) in [5.74, 6) is 0.285. The third-order valence-electron chi connectivity index (χ3n) is 2.48. The van der Waals surface area contributed by atoms with Crippen LogP contribution in [-0.2, 0) is 0 Å². The third kappa shape index (κ3) is 3.97. The lowest BCUT2D eigenvalue weighted by Crippen LogP contribution is -2.09. The fraction of sp³-hybridized carbons (Fsp3) is 0.133. The van der Waals surface area contributed by atoms with Crippen molar-refractivity contribution < 1.29 is 13.9 Å². The topological polar surface area (TPSA) is 42.2 Å². The molecule has 0 aliphatic heterocycles. The first kappa shape index (κ1) is 14.4. The number of rotatable bonds is 5. The molecule has 0 aromatic heterocycles. The maximum absolute atomic E-state index is 13.5. The van der Waals surface area contributed by atoms with Crippen molar-refractivity contribution in [1.29, 1.82) is 5.26 Å². The van der Waals surface area contributed by atoms with Crippen molar-refractivity contribution in [3.05, 3.63) is 58.3 Å². The predicted octanol–water partition coefficient (Wildman–Crippen LogP) is 3.92. The van der Waals surface area contributed by atoms with Crippen LogP contribution in [0.25, 0.3) is 0 Å². The molecule has 0 amide bonds. The van der Waals surface area contributed by atoms with Gasteiger partial charge in [-0.2, -0.15) is 5.26 Å². The van der Waals surface area contributed by atoms with Crippen LogP contribution in [0.1, 0.15) is 5.56 Å². The van der Waals surface area contributed by atoms with E-state index in [0.29, 0.717) is 6.61 Å². The second kappa shape index (κ2) is 6.92. The lowest BCUT2D eigenvalue weighted by atomic mass is 10.2. The Morgan fingerprint density at radius 1 is 1.05 bits per heavy atom. The molecule has 0 radical (unpaired) electrons. The molecule has 0 bridgehead atoms. The van der Waals surface area contributed by atoms with Gasteiger partial charge in [0.15, 0.2) is 11.6 Å². The number of halogens is 2. The lowest BCUT2D eigenvalue weighted by molar-refractivity contribution is 0.211. The molecule has 3 nitrogen and oxygen atoms in total. The summed E-state index contributed by atoms with van der Waals surface area (Å²) in [5.41, 5.74) is 0.265. The van der Waals surface area contributed by atoms with Gasteiger partial charge in [0.05, 0.1) is 11.6 Å². The van der Waals surface area contributed by atoms with Crippen LogP contribution in [-0.4, -0.2) is 13.2 Å². The second-order valence-electron chi connectivity index (χ2n) is 3.91. The van der Waals surface area contributed by atoms with Crippen molar-refractivity contribution in [2.45, 2.75) is 0 Å². The molecule has 102 valence electrons. The van der Waals surface area contributed by atoms with Crippen LogP contribution in [0.2, 0.25) is 0 Å². The van der Waals surface area contributed by atoms with Crippen molar-refractivity contribution >= 4 is 15.9 Å². The fourth-order valence-corrected chi connectivity index (χ4v) is 1.79. The SMILES string of the molecule is N#Cc1ccc(OCCOc2ccc(Br)cc2)c(F)c1. The molecule has 0 fully saturated rings. The van der Waals surface area contributed by atoms with Gasteiger partial charge in [0.2, 0.25) is 0 Å². The van der Waals surface area contributed by atoms with Crippen molar-refractivity contribution in [1.82, 2.24) is 0 Å². The summed E-state index contributed by atoms with van der Waals surface area (Å²) in [5, 5.41) is 8.63. The number of ether oxygens (including phenoxy) is 2. The average Bonchev–Trinajstić information content (AvgIpc) is 2.46. The van der Waals surface area contributed by atoms with Gasteiger partial charge in [-0.15, -0.1) is 0 Å². The Kier molecular flexibility index (Phi) is 4.97. The summed E-state index contributed by atoms with van der Waals surface area (Å²) in [6.45, 7) is 0.528. The quantitative estimate of drug-likeness (QED) is 0.778. The predicted molar refractivity (Wildman–Crippen MR) is 76.2 cm³/mol. The number of nitriles is 1. The van der Waals surface area contributed by atoms with E-state index < -0.39 is 5.82 Å². The van der Waals surface area contributed by atoms with E-state index in [1.165, 1.54) is 12.1 Å². The Bertz CT molecular complexity index is 623. The number of benzene rings is 2. The van der Waals surface area contributed by atoms with E-state index >= 15 is 0 Å². The molecular weight excluding hydrogens is 325 g/mol. The summed E-state index contributed by atoms with van der Waals surface area (Å²) in [6.07, 6.45) is 0. The standard InChI is InChI=1S/C15H11BrFNO2/c16-12-2-4-13(5-3-12)19-7-8-20-15-6-1-11(10-18)9-14(15)17/h1-6,9H,7-8H2. The Labute approximate surface area is 124 Å². The number of hydrogen-bond donors (Lipinski definition) is 0. The van der Waals surface area contributed by atoms with E-state index in [9.17, 15) is 4.39 Å². The highest BCUT2D eigenvalue weighted by molar-refractivity contribution is 9.10. The van der Waals surface area contributed by atoms with Crippen LogP contribution in [0.5, 0.6) is 11.5 Å². The van der Waals surface area contributed by atoms with Gasteiger partial charge in [0, 0.05) is 4.47 Å². The largest absolute Gasteiger partial charge is 0.490 e. The zero-order chi connectivity index (χ0) is 14.4. The Morgan fingerprint density at radius 3 is 2.40 bits per heavy atom. The summed E-state index contributed by atoms with van der Waals surface area (Å²) in [6, 6.07) is 13.3. The van der Waals surface area contributed by atoms with E-state index in [1.807, 2.05) is 30.3 Å². The number of hydrogen-bond acceptors (Lipinski definition) is 3. The van der Waals surface area contributed by atoms with Gasteiger partial charge in [0.25, 0.3) is 0 Å². The molecule has 2 aromatic carbocycles. The van der Waals surface area contributed by atoms with Gasteiger partial charge in [-0.3, -0.25) is 0 Å². The molecule has 0 saturated carbocycles. The molecule has 5 heteroatoms. The van der Waals surface area contributed by atoms with Crippen molar-refractivity contribution in [2.24, 2.45) is 0 Å². The highest BCUT2D eigenvalue weighted by atomic mass is 79.9. The third-order valence-corrected chi connectivity index (χ3v) is 3.01. The molecule has 0 heterocycles. The van der Waals surface area contributed by atoms with E-state index in [4.69, 9.17) is 14.7 Å². The van der Waals surface area contributed by atoms with Crippen LogP contribution in [0.15, 0.2) is 46.9 Å². The molecule has 0 aliphatic rings. The maximum atomic E-state index is 13.5. The first-order chi connectivity index (χ1) is 9.69. The van der Waals surface area contributed by atoms with Crippen LogP contribution < -0.4 is 9.47 Å². The molecule has 0 unspecified atom stereocenters. The van der Waals surface area contributed by atoms with Gasteiger partial charge in [-0.25, -0.2) is 4.39 Å². The van der Waals surface area contributed by atoms with E-state index in [-0.39, 0.29) is 17.9 Å². The fourth-order valence-electron chi connectivity index (χ4n) is 1.53. The Hall–Kier alpha value is -2.06. The molecule has 0 atom stereocenters. The molecule has 2 rings (SSSR count). The smallest absolute Gasteiger partial charge is 0.166 e. The zero-order valence-corrected chi connectivity index (χ0v) is 12.1. The second-order valence-corrected chi connectivity index (χ2v) is 4.82. The van der Waals surface area contributed by atoms with Crippen LogP contribution in [0.4, 0.5) is 4.39 Å². The van der Waals surface area contributed by atoms with Crippen LogP contribution in [0.3, 0.4) is 0 Å². The summed E-state index contributed by atoms with van der Waals surface area (Å²) < 4.78 is 25.2. The van der Waals surface area contributed by atoms with Crippen molar-refractivity contribution in [3.8, 4) is 17.6 Å². The average molecular weight is 336 g/mol. The molecule has 0 saturated heterocycles. The Morgan fingerprint density at radius 2 is 1.75 bits per heavy atom. The van der Waals surface area contributed by atoms with E-state index in [0.717, 1.165) is 16.3 Å². The minimum Gasteiger partial charge on any atom is -0.490 e. The van der Waals surface area contributed by atoms with Crippen molar-refractivity contribution in [3.63, 3.8) is 0 Å². The normalized spacial score (nSPS) is 9.85. The zero-order valence-electron chi connectivity index (χ0n) is 10.5. The van der Waals surface area contributed by atoms with Gasteiger partial charge < -0.3 is 9.47 Å². The highest BCUT2D eigenvalue weighted by Crippen LogP contribution is 2.18. The molecular formula is C15H11BrFNO2. The molecule has 20 heavy (non-hydrogen) atoms. The van der Waals surface area contributed by atoms with Gasteiger partial charge in [-0.1, -0.05) is 15.9 Å². The lowest BCUT2D eigenvalue weighted by Gasteiger charge is -2.09. The maximum Gasteiger partial charge on any atom is 0.166 e. The molecule has 0 aliphatic carbocycles. The summed E-state index contributed by atoms with van der Waals surface area (Å²) >= 11 is 3.33. The summed E-state index contributed by atoms with van der Waals surface area (Å²) in [4.78, 5) is 0. The minimum absolute atomic E-state index is 0.114. The van der Waals surface area contributed by atoms with Gasteiger partial charge >= 0.3 is 0 Å². The highest BCUT2D eigenvalue weighted by Gasteiger charge is 2.04. The molecule has 0 N–H and O–H groups in total. The van der Waals surface area contributed by atoms with E-state index in [2.05, 4.69) is 15.9 Å². The van der Waals surface area contributed by atoms with Gasteiger partial charge in [0.1, 0.15) is 19.0 Å². The first-order valence-corrected chi connectivity index (χ1v) is 6.69. The summed E-state index contributed by atoms with van der Waals surface area (Å²) in [7, 11) is 0. The monoisotopic (exact) mass is 335 g/mol. The van der Waals surface area contributed by atoms with Crippen LogP contribution in [0, 0.1) is 17.1 Å².